The molecule has 3 rings (SSSR count). The third kappa shape index (κ3) is 7.50. The summed E-state index contributed by atoms with van der Waals surface area (Å²) in [5.41, 5.74) is -2.38. The highest BCUT2D eigenvalue weighted by Crippen LogP contribution is 2.32. The molecule has 0 saturated carbocycles. The van der Waals surface area contributed by atoms with Crippen molar-refractivity contribution in [2.75, 3.05) is 29.9 Å². The molecular formula is C20H22F7N7O3. The maximum atomic E-state index is 14.6. The van der Waals surface area contributed by atoms with E-state index in [0.717, 1.165) is 6.20 Å². The zero-order chi connectivity index (χ0) is 27.4. The summed E-state index contributed by atoms with van der Waals surface area (Å²) >= 11 is 0. The van der Waals surface area contributed by atoms with Crippen molar-refractivity contribution < 1.29 is 40.4 Å². The van der Waals surface area contributed by atoms with E-state index in [4.69, 9.17) is 4.84 Å². The summed E-state index contributed by atoms with van der Waals surface area (Å²) in [4.78, 5) is 37.3. The third-order valence-electron chi connectivity index (χ3n) is 5.43. The molecule has 0 spiro atoms. The molecule has 3 heterocycles. The zero-order valence-corrected chi connectivity index (χ0v) is 19.2. The first-order valence-corrected chi connectivity index (χ1v) is 10.9. The number of aromatic nitrogens is 4. The number of nitrogens with zero attached hydrogens (tertiary/aromatic N) is 4. The van der Waals surface area contributed by atoms with Crippen LogP contribution in [0.25, 0.3) is 0 Å². The first-order valence-electron chi connectivity index (χ1n) is 10.9. The molecule has 0 bridgehead atoms. The summed E-state index contributed by atoms with van der Waals surface area (Å²) in [7, 11) is 0. The van der Waals surface area contributed by atoms with Gasteiger partial charge in [0.25, 0.3) is 5.56 Å². The van der Waals surface area contributed by atoms with E-state index in [-0.39, 0.29) is 38.5 Å². The Morgan fingerprint density at radius 2 is 1.86 bits per heavy atom. The van der Waals surface area contributed by atoms with Crippen molar-refractivity contribution >= 4 is 17.5 Å². The van der Waals surface area contributed by atoms with Crippen LogP contribution in [-0.4, -0.2) is 58.0 Å². The number of halogens is 7. The average Bonchev–Trinajstić information content (AvgIpc) is 2.79. The molecule has 1 fully saturated rings. The van der Waals surface area contributed by atoms with Gasteiger partial charge >= 0.3 is 12.4 Å². The Balaban J connectivity index is 1.44. The van der Waals surface area contributed by atoms with Gasteiger partial charge in [-0.05, 0) is 13.3 Å². The molecule has 2 aromatic rings. The number of hydrogen-bond donors (Lipinski definition) is 3. The molecular weight excluding hydrogens is 519 g/mol. The van der Waals surface area contributed by atoms with Gasteiger partial charge in [-0.15, -0.1) is 0 Å². The van der Waals surface area contributed by atoms with Crippen LogP contribution in [0, 0.1) is 5.92 Å². The first-order chi connectivity index (χ1) is 17.3. The van der Waals surface area contributed by atoms with Crippen LogP contribution < -0.4 is 21.3 Å². The van der Waals surface area contributed by atoms with Crippen molar-refractivity contribution in [3.63, 3.8) is 0 Å². The van der Waals surface area contributed by atoms with E-state index in [0.29, 0.717) is 12.4 Å². The first kappa shape index (κ1) is 28.1. The van der Waals surface area contributed by atoms with Crippen LogP contribution in [0.4, 0.5) is 42.4 Å². The Morgan fingerprint density at radius 3 is 2.46 bits per heavy atom. The number of alkyl halides is 7. The van der Waals surface area contributed by atoms with Crippen LogP contribution in [0.1, 0.15) is 30.9 Å². The number of amides is 1. The van der Waals surface area contributed by atoms with Crippen molar-refractivity contribution in [1.82, 2.24) is 25.6 Å². The summed E-state index contributed by atoms with van der Waals surface area (Å²) in [5, 5.41) is 7.47. The number of rotatable bonds is 8. The molecule has 0 aliphatic carbocycles. The van der Waals surface area contributed by atoms with Gasteiger partial charge in [-0.3, -0.25) is 14.4 Å². The van der Waals surface area contributed by atoms with Gasteiger partial charge in [0.2, 0.25) is 11.9 Å². The van der Waals surface area contributed by atoms with Crippen LogP contribution in [0.15, 0.2) is 23.4 Å². The molecule has 3 N–H and O–H groups in total. The lowest BCUT2D eigenvalue weighted by atomic mass is 9.91. The van der Waals surface area contributed by atoms with Gasteiger partial charge in [0.15, 0.2) is 0 Å². The lowest BCUT2D eigenvalue weighted by molar-refractivity contribution is -0.139. The minimum absolute atomic E-state index is 0.0624. The maximum absolute atomic E-state index is 14.6. The predicted molar refractivity (Wildman–Crippen MR) is 114 cm³/mol. The standard InChI is InChI=1S/C20H22F7N7O3/c1-10(31-14-7-30-32-17(36)16(14)20(25,26)27)9-37-33-15(35)4-11-2-3-34(8-13(11)21)18-28-5-12(6-29-18)19(22,23)24/h5-7,10-11,13H,2-4,8-9H2,1H3,(H,33,35)(H2,31,32,36)/t10-,11?,13?/m0/s1. The number of H-pyrrole nitrogens is 1. The van der Waals surface area contributed by atoms with Crippen LogP contribution >= 0.6 is 0 Å². The molecule has 204 valence electrons. The lowest BCUT2D eigenvalue weighted by Crippen LogP contribution is -2.44. The number of anilines is 2. The molecule has 2 aromatic heterocycles. The molecule has 0 radical (unpaired) electrons. The summed E-state index contributed by atoms with van der Waals surface area (Å²) in [6.07, 6.45) is -9.09. The summed E-state index contributed by atoms with van der Waals surface area (Å²) in [6, 6.07) is -0.786. The fourth-order valence-corrected chi connectivity index (χ4v) is 3.62. The van der Waals surface area contributed by atoms with Crippen molar-refractivity contribution in [2.45, 2.75) is 44.3 Å². The Kier molecular flexibility index (Phi) is 8.55. The average molecular weight is 541 g/mol. The van der Waals surface area contributed by atoms with Gasteiger partial charge in [0, 0.05) is 37.3 Å². The minimum Gasteiger partial charge on any atom is -0.378 e. The third-order valence-corrected chi connectivity index (χ3v) is 5.43. The summed E-state index contributed by atoms with van der Waals surface area (Å²) in [5.74, 6) is -1.44. The number of piperidine rings is 1. The second-order valence-electron chi connectivity index (χ2n) is 8.35. The molecule has 2 unspecified atom stereocenters. The molecule has 37 heavy (non-hydrogen) atoms. The number of hydrogen-bond acceptors (Lipinski definition) is 8. The highest BCUT2D eigenvalue weighted by Gasteiger charge is 2.38. The molecule has 10 nitrogen and oxygen atoms in total. The number of aromatic amines is 1. The fraction of sp³-hybridized carbons (Fsp3) is 0.550. The second kappa shape index (κ2) is 11.3. The van der Waals surface area contributed by atoms with Crippen molar-refractivity contribution in [3.05, 3.63) is 40.1 Å². The van der Waals surface area contributed by atoms with E-state index in [1.807, 2.05) is 0 Å². The zero-order valence-electron chi connectivity index (χ0n) is 19.2. The van der Waals surface area contributed by atoms with Gasteiger partial charge in [0.1, 0.15) is 11.7 Å². The predicted octanol–water partition coefficient (Wildman–Crippen LogP) is 2.70. The number of carbonyl (C=O) groups excluding carboxylic acids is 1. The highest BCUT2D eigenvalue weighted by molar-refractivity contribution is 5.75. The minimum atomic E-state index is -4.93. The van der Waals surface area contributed by atoms with E-state index in [1.165, 1.54) is 11.8 Å². The van der Waals surface area contributed by atoms with E-state index in [1.54, 1.807) is 5.10 Å². The van der Waals surface area contributed by atoms with Gasteiger partial charge in [0.05, 0.1) is 30.6 Å². The maximum Gasteiger partial charge on any atom is 0.423 e. The van der Waals surface area contributed by atoms with E-state index in [2.05, 4.69) is 25.9 Å². The molecule has 1 aliphatic rings. The monoisotopic (exact) mass is 541 g/mol. The smallest absolute Gasteiger partial charge is 0.378 e. The van der Waals surface area contributed by atoms with E-state index >= 15 is 0 Å². The van der Waals surface area contributed by atoms with Gasteiger partial charge in [-0.25, -0.2) is 24.9 Å². The Labute approximate surface area is 204 Å². The van der Waals surface area contributed by atoms with Crippen LogP contribution in [0.5, 0.6) is 0 Å². The molecule has 0 aromatic carbocycles. The summed E-state index contributed by atoms with van der Waals surface area (Å²) < 4.78 is 91.8. The number of hydroxylamine groups is 1. The summed E-state index contributed by atoms with van der Waals surface area (Å²) in [6.45, 7) is 1.12. The molecule has 3 atom stereocenters. The van der Waals surface area contributed by atoms with Gasteiger partial charge < -0.3 is 10.2 Å². The van der Waals surface area contributed by atoms with Crippen LogP contribution in [0.2, 0.25) is 0 Å². The topological polar surface area (TPSA) is 125 Å². The van der Waals surface area contributed by atoms with Gasteiger partial charge in [-0.2, -0.15) is 31.4 Å². The molecule has 17 heteroatoms. The molecule has 1 saturated heterocycles. The Bertz CT molecular complexity index is 1130. The molecule has 1 amide bonds. The number of nitrogens with one attached hydrogen (secondary N) is 3. The highest BCUT2D eigenvalue weighted by atomic mass is 19.4. The quantitative estimate of drug-likeness (QED) is 0.344. The Hall–Kier alpha value is -3.50. The van der Waals surface area contributed by atoms with Crippen molar-refractivity contribution in [1.29, 1.82) is 0 Å². The van der Waals surface area contributed by atoms with Crippen LogP contribution in [0.3, 0.4) is 0 Å². The Morgan fingerprint density at radius 1 is 1.19 bits per heavy atom. The number of carbonyl (C=O) groups is 1. The fourth-order valence-electron chi connectivity index (χ4n) is 3.62. The van der Waals surface area contributed by atoms with Crippen molar-refractivity contribution in [2.24, 2.45) is 5.92 Å². The lowest BCUT2D eigenvalue weighted by Gasteiger charge is -2.34. The van der Waals surface area contributed by atoms with Crippen LogP contribution in [-0.2, 0) is 22.0 Å². The van der Waals surface area contributed by atoms with Gasteiger partial charge in [-0.1, -0.05) is 0 Å². The normalized spacial score (nSPS) is 19.4. The largest absolute Gasteiger partial charge is 0.423 e. The second-order valence-corrected chi connectivity index (χ2v) is 8.35. The SMILES string of the molecule is C[C@@H](CONC(=O)CC1CCN(c2ncc(C(F)(F)F)cn2)CC1F)Nc1cn[nH]c(=O)c1C(F)(F)F. The van der Waals surface area contributed by atoms with E-state index < -0.39 is 58.8 Å². The van der Waals surface area contributed by atoms with Crippen molar-refractivity contribution in [3.8, 4) is 0 Å². The molecule has 1 aliphatic heterocycles. The van der Waals surface area contributed by atoms with E-state index in [9.17, 15) is 40.3 Å².